The SMILES string of the molecule is CCc1nc(NC(C)C)c([N+](=O)[O-])c(SC2CCCCC2)n1. The van der Waals surface area contributed by atoms with Crippen LogP contribution in [-0.4, -0.2) is 26.2 Å². The van der Waals surface area contributed by atoms with Crippen LogP contribution >= 0.6 is 11.8 Å². The number of nitrogens with one attached hydrogen (secondary N) is 1. The molecule has 0 amide bonds. The Kier molecular flexibility index (Phi) is 5.99. The zero-order valence-electron chi connectivity index (χ0n) is 13.5. The second kappa shape index (κ2) is 7.76. The van der Waals surface area contributed by atoms with E-state index < -0.39 is 0 Å². The van der Waals surface area contributed by atoms with Gasteiger partial charge in [-0.1, -0.05) is 37.9 Å². The summed E-state index contributed by atoms with van der Waals surface area (Å²) in [6.45, 7) is 5.87. The Morgan fingerprint density at radius 3 is 2.55 bits per heavy atom. The molecule has 0 saturated heterocycles. The fraction of sp³-hybridized carbons (Fsp3) is 0.733. The highest BCUT2D eigenvalue weighted by atomic mass is 32.2. The predicted octanol–water partition coefficient (Wildman–Crippen LogP) is 4.19. The van der Waals surface area contributed by atoms with Gasteiger partial charge in [0.2, 0.25) is 5.82 Å². The van der Waals surface area contributed by atoms with Crippen molar-refractivity contribution >= 4 is 23.3 Å². The third-order valence-electron chi connectivity index (χ3n) is 3.65. The van der Waals surface area contributed by atoms with E-state index in [4.69, 9.17) is 0 Å². The predicted molar refractivity (Wildman–Crippen MR) is 89.6 cm³/mol. The lowest BCUT2D eigenvalue weighted by Gasteiger charge is -2.21. The van der Waals surface area contributed by atoms with Gasteiger partial charge < -0.3 is 5.32 Å². The van der Waals surface area contributed by atoms with Gasteiger partial charge in [0.05, 0.1) is 4.92 Å². The monoisotopic (exact) mass is 324 g/mol. The molecule has 0 aliphatic heterocycles. The normalized spacial score (nSPS) is 16.0. The topological polar surface area (TPSA) is 81.0 Å². The molecule has 1 aliphatic rings. The summed E-state index contributed by atoms with van der Waals surface area (Å²) in [6, 6.07) is 0.0887. The first kappa shape index (κ1) is 17.0. The highest BCUT2D eigenvalue weighted by Gasteiger charge is 2.28. The van der Waals surface area contributed by atoms with Crippen molar-refractivity contribution in [3.8, 4) is 0 Å². The van der Waals surface area contributed by atoms with Gasteiger partial charge in [0.25, 0.3) is 0 Å². The van der Waals surface area contributed by atoms with Crippen molar-refractivity contribution in [3.63, 3.8) is 0 Å². The molecule has 0 radical (unpaired) electrons. The van der Waals surface area contributed by atoms with Gasteiger partial charge in [0, 0.05) is 17.7 Å². The average Bonchev–Trinajstić information content (AvgIpc) is 2.46. The minimum atomic E-state index is -0.352. The maximum absolute atomic E-state index is 11.5. The number of hydrogen-bond donors (Lipinski definition) is 1. The molecule has 1 heterocycles. The molecule has 0 spiro atoms. The van der Waals surface area contributed by atoms with Gasteiger partial charge in [-0.25, -0.2) is 9.97 Å². The van der Waals surface area contributed by atoms with Gasteiger partial charge in [-0.15, -0.1) is 0 Å². The van der Waals surface area contributed by atoms with Crippen LogP contribution in [-0.2, 0) is 6.42 Å². The Bertz CT molecular complexity index is 531. The Morgan fingerprint density at radius 2 is 2.00 bits per heavy atom. The molecule has 122 valence electrons. The van der Waals surface area contributed by atoms with Crippen molar-refractivity contribution < 1.29 is 4.92 Å². The maximum Gasteiger partial charge on any atom is 0.343 e. The van der Waals surface area contributed by atoms with Crippen molar-refractivity contribution in [2.24, 2.45) is 0 Å². The van der Waals surface area contributed by atoms with Gasteiger partial charge in [0.1, 0.15) is 5.82 Å². The summed E-state index contributed by atoms with van der Waals surface area (Å²) in [6.07, 6.45) is 6.56. The summed E-state index contributed by atoms with van der Waals surface area (Å²) in [5.41, 5.74) is 0.0291. The number of nitrogens with zero attached hydrogens (tertiary/aromatic N) is 3. The molecule has 1 aromatic heterocycles. The minimum absolute atomic E-state index is 0.0291. The molecular weight excluding hydrogens is 300 g/mol. The Hall–Kier alpha value is -1.37. The fourth-order valence-electron chi connectivity index (χ4n) is 2.60. The standard InChI is InChI=1S/C15H24N4O2S/c1-4-12-17-14(16-10(2)3)13(19(20)21)15(18-12)22-11-8-6-5-7-9-11/h10-11H,4-9H2,1-3H3,(H,16,17,18). The number of hydrogen-bond acceptors (Lipinski definition) is 6. The zero-order valence-corrected chi connectivity index (χ0v) is 14.3. The summed E-state index contributed by atoms with van der Waals surface area (Å²) in [4.78, 5) is 20.0. The Labute approximate surface area is 135 Å². The Balaban J connectivity index is 2.37. The van der Waals surface area contributed by atoms with E-state index in [1.54, 1.807) is 11.8 Å². The van der Waals surface area contributed by atoms with Gasteiger partial charge in [-0.05, 0) is 26.7 Å². The van der Waals surface area contributed by atoms with Crippen LogP contribution in [0.1, 0.15) is 58.7 Å². The van der Waals surface area contributed by atoms with Crippen LogP contribution in [0.3, 0.4) is 0 Å². The smallest absolute Gasteiger partial charge is 0.343 e. The highest BCUT2D eigenvalue weighted by molar-refractivity contribution is 8.00. The van der Waals surface area contributed by atoms with Crippen molar-refractivity contribution in [2.75, 3.05) is 5.32 Å². The van der Waals surface area contributed by atoms with Crippen molar-refractivity contribution in [1.29, 1.82) is 0 Å². The van der Waals surface area contributed by atoms with Crippen LogP contribution < -0.4 is 5.32 Å². The second-order valence-electron chi connectivity index (χ2n) is 5.93. The molecule has 1 N–H and O–H groups in total. The van der Waals surface area contributed by atoms with Crippen LogP contribution in [0.25, 0.3) is 0 Å². The number of rotatable bonds is 6. The quantitative estimate of drug-likeness (QED) is 0.480. The van der Waals surface area contributed by atoms with Crippen LogP contribution in [0.15, 0.2) is 5.03 Å². The minimum Gasteiger partial charge on any atom is -0.362 e. The molecule has 1 aromatic rings. The van der Waals surface area contributed by atoms with Gasteiger partial charge in [-0.3, -0.25) is 10.1 Å². The molecule has 2 rings (SSSR count). The lowest BCUT2D eigenvalue weighted by atomic mass is 10.0. The summed E-state index contributed by atoms with van der Waals surface area (Å²) < 4.78 is 0. The molecule has 22 heavy (non-hydrogen) atoms. The van der Waals surface area contributed by atoms with Gasteiger partial charge in [-0.2, -0.15) is 0 Å². The van der Waals surface area contributed by atoms with E-state index in [9.17, 15) is 10.1 Å². The fourth-order valence-corrected chi connectivity index (χ4v) is 3.92. The summed E-state index contributed by atoms with van der Waals surface area (Å²) in [5, 5.41) is 15.6. The number of thioether (sulfide) groups is 1. The van der Waals surface area contributed by atoms with Gasteiger partial charge in [0.15, 0.2) is 5.03 Å². The number of aryl methyl sites for hydroxylation is 1. The first-order chi connectivity index (χ1) is 10.5. The zero-order chi connectivity index (χ0) is 16.1. The maximum atomic E-state index is 11.5. The number of nitro groups is 1. The van der Waals surface area contributed by atoms with E-state index in [-0.39, 0.29) is 16.7 Å². The van der Waals surface area contributed by atoms with E-state index >= 15 is 0 Å². The third kappa shape index (κ3) is 4.32. The first-order valence-corrected chi connectivity index (χ1v) is 8.87. The van der Waals surface area contributed by atoms with Crippen molar-refractivity contribution in [2.45, 2.75) is 75.6 Å². The van der Waals surface area contributed by atoms with Gasteiger partial charge >= 0.3 is 5.69 Å². The summed E-state index contributed by atoms with van der Waals surface area (Å²) in [5.74, 6) is 1.01. The number of aromatic nitrogens is 2. The molecule has 1 saturated carbocycles. The number of anilines is 1. The van der Waals surface area contributed by atoms with Crippen molar-refractivity contribution in [1.82, 2.24) is 9.97 Å². The van der Waals surface area contributed by atoms with Crippen LogP contribution in [0.4, 0.5) is 11.5 Å². The molecule has 1 aliphatic carbocycles. The lowest BCUT2D eigenvalue weighted by Crippen LogP contribution is -2.16. The van der Waals surface area contributed by atoms with Crippen LogP contribution in [0.5, 0.6) is 0 Å². The first-order valence-electron chi connectivity index (χ1n) is 7.99. The molecule has 0 unspecified atom stereocenters. The Morgan fingerprint density at radius 1 is 1.32 bits per heavy atom. The largest absolute Gasteiger partial charge is 0.362 e. The molecule has 7 heteroatoms. The molecular formula is C15H24N4O2S. The molecule has 6 nitrogen and oxygen atoms in total. The van der Waals surface area contributed by atoms with Crippen molar-refractivity contribution in [3.05, 3.63) is 15.9 Å². The summed E-state index contributed by atoms with van der Waals surface area (Å²) in [7, 11) is 0. The van der Waals surface area contributed by atoms with Crippen LogP contribution in [0.2, 0.25) is 0 Å². The molecule has 0 atom stereocenters. The highest BCUT2D eigenvalue weighted by Crippen LogP contribution is 2.39. The average molecular weight is 324 g/mol. The lowest BCUT2D eigenvalue weighted by molar-refractivity contribution is -0.387. The third-order valence-corrected chi connectivity index (χ3v) is 4.97. The second-order valence-corrected chi connectivity index (χ2v) is 7.22. The van der Waals surface area contributed by atoms with E-state index in [0.717, 1.165) is 12.8 Å². The van der Waals surface area contributed by atoms with Crippen LogP contribution in [0, 0.1) is 10.1 Å². The van der Waals surface area contributed by atoms with E-state index in [2.05, 4.69) is 15.3 Å². The molecule has 0 aromatic carbocycles. The van der Waals surface area contributed by atoms with E-state index in [0.29, 0.717) is 28.3 Å². The molecule has 1 fully saturated rings. The van der Waals surface area contributed by atoms with E-state index in [1.165, 1.54) is 19.3 Å². The van der Waals surface area contributed by atoms with E-state index in [1.807, 2.05) is 20.8 Å². The summed E-state index contributed by atoms with van der Waals surface area (Å²) >= 11 is 1.56. The molecule has 0 bridgehead atoms.